The molecule has 0 radical (unpaired) electrons. The molecule has 0 unspecified atom stereocenters. The van der Waals surface area contributed by atoms with Gasteiger partial charge in [0.2, 0.25) is 0 Å². The predicted molar refractivity (Wildman–Crippen MR) is 80.1 cm³/mol. The van der Waals surface area contributed by atoms with Crippen molar-refractivity contribution in [3.63, 3.8) is 0 Å². The first-order valence-corrected chi connectivity index (χ1v) is 10.4. The SMILES string of the molecule is CC(=O)O[C@H]1C[C@@H]2O[C@]2(C)[C@H](O[Si](C)(C)C(C)(C)C)C1. The van der Waals surface area contributed by atoms with Gasteiger partial charge in [-0.3, -0.25) is 4.79 Å². The van der Waals surface area contributed by atoms with Crippen molar-refractivity contribution in [1.29, 1.82) is 0 Å². The van der Waals surface area contributed by atoms with Crippen molar-refractivity contribution in [1.82, 2.24) is 0 Å². The molecule has 0 bridgehead atoms. The summed E-state index contributed by atoms with van der Waals surface area (Å²) in [6, 6.07) is 0. The fraction of sp³-hybridized carbons (Fsp3) is 0.933. The van der Waals surface area contributed by atoms with Gasteiger partial charge >= 0.3 is 5.97 Å². The maximum Gasteiger partial charge on any atom is 0.302 e. The van der Waals surface area contributed by atoms with Gasteiger partial charge in [0.15, 0.2) is 8.32 Å². The molecule has 116 valence electrons. The number of epoxide rings is 1. The van der Waals surface area contributed by atoms with Gasteiger partial charge in [0.1, 0.15) is 11.7 Å². The molecule has 0 aromatic carbocycles. The number of rotatable bonds is 3. The van der Waals surface area contributed by atoms with Gasteiger partial charge in [0.25, 0.3) is 0 Å². The van der Waals surface area contributed by atoms with E-state index in [2.05, 4.69) is 40.8 Å². The topological polar surface area (TPSA) is 48.1 Å². The van der Waals surface area contributed by atoms with Crippen LogP contribution in [-0.4, -0.2) is 38.2 Å². The van der Waals surface area contributed by atoms with E-state index >= 15 is 0 Å². The molecule has 0 aromatic heterocycles. The zero-order chi connectivity index (χ0) is 15.3. The van der Waals surface area contributed by atoms with Gasteiger partial charge in [-0.15, -0.1) is 0 Å². The molecular formula is C15H28O4Si. The molecule has 0 N–H and O–H groups in total. The highest BCUT2D eigenvalue weighted by atomic mass is 28.4. The molecule has 2 fully saturated rings. The van der Waals surface area contributed by atoms with E-state index in [1.54, 1.807) is 0 Å². The first-order valence-electron chi connectivity index (χ1n) is 7.48. The number of esters is 1. The smallest absolute Gasteiger partial charge is 0.302 e. The molecular weight excluding hydrogens is 272 g/mol. The summed E-state index contributed by atoms with van der Waals surface area (Å²) in [5.41, 5.74) is -0.174. The molecule has 0 amide bonds. The van der Waals surface area contributed by atoms with Crippen molar-refractivity contribution in [2.45, 2.75) is 89.5 Å². The summed E-state index contributed by atoms with van der Waals surface area (Å²) >= 11 is 0. The summed E-state index contributed by atoms with van der Waals surface area (Å²) in [7, 11) is -1.84. The third-order valence-corrected chi connectivity index (χ3v) is 9.63. The first kappa shape index (κ1) is 16.0. The molecule has 5 heteroatoms. The third-order valence-electron chi connectivity index (χ3n) is 5.15. The number of fused-ring (bicyclic) bond motifs is 1. The Hall–Kier alpha value is -0.393. The van der Waals surface area contributed by atoms with Gasteiger partial charge in [-0.25, -0.2) is 0 Å². The van der Waals surface area contributed by atoms with E-state index < -0.39 is 8.32 Å². The molecule has 20 heavy (non-hydrogen) atoms. The minimum absolute atomic E-state index is 0.0338. The summed E-state index contributed by atoms with van der Waals surface area (Å²) in [5, 5.41) is 0.169. The highest BCUT2D eigenvalue weighted by Gasteiger charge is 2.63. The molecule has 2 aliphatic rings. The lowest BCUT2D eigenvalue weighted by molar-refractivity contribution is -0.149. The molecule has 1 aliphatic heterocycles. The van der Waals surface area contributed by atoms with Crippen LogP contribution in [0, 0.1) is 0 Å². The molecule has 0 aromatic rings. The second kappa shape index (κ2) is 4.82. The van der Waals surface area contributed by atoms with E-state index in [4.69, 9.17) is 13.9 Å². The van der Waals surface area contributed by atoms with Gasteiger partial charge in [0.05, 0.1) is 12.2 Å². The minimum atomic E-state index is -1.84. The Morgan fingerprint density at radius 3 is 2.40 bits per heavy atom. The lowest BCUT2D eigenvalue weighted by atomic mass is 9.86. The number of carbonyl (C=O) groups excluding carboxylic acids is 1. The Morgan fingerprint density at radius 1 is 1.30 bits per heavy atom. The molecule has 4 nitrogen and oxygen atoms in total. The maximum absolute atomic E-state index is 11.2. The van der Waals surface area contributed by atoms with Crippen LogP contribution in [0.5, 0.6) is 0 Å². The van der Waals surface area contributed by atoms with Crippen molar-refractivity contribution < 1.29 is 18.7 Å². The van der Waals surface area contributed by atoms with E-state index in [-0.39, 0.29) is 34.9 Å². The van der Waals surface area contributed by atoms with E-state index in [1.807, 2.05) is 0 Å². The normalized spacial score (nSPS) is 37.2. The van der Waals surface area contributed by atoms with Gasteiger partial charge in [0, 0.05) is 19.8 Å². The number of carbonyl (C=O) groups is 1. The molecule has 1 heterocycles. The number of hydrogen-bond donors (Lipinski definition) is 0. The molecule has 1 saturated carbocycles. The highest BCUT2D eigenvalue weighted by molar-refractivity contribution is 6.74. The van der Waals surface area contributed by atoms with Crippen LogP contribution in [0.3, 0.4) is 0 Å². The fourth-order valence-corrected chi connectivity index (χ4v) is 4.07. The average molecular weight is 300 g/mol. The van der Waals surface area contributed by atoms with Crippen LogP contribution in [0.15, 0.2) is 0 Å². The fourth-order valence-electron chi connectivity index (χ4n) is 2.67. The van der Waals surface area contributed by atoms with Gasteiger partial charge in [-0.1, -0.05) is 20.8 Å². The van der Waals surface area contributed by atoms with E-state index in [0.717, 1.165) is 12.8 Å². The average Bonchev–Trinajstić information content (AvgIpc) is 2.87. The van der Waals surface area contributed by atoms with Crippen LogP contribution in [0.25, 0.3) is 0 Å². The van der Waals surface area contributed by atoms with E-state index in [9.17, 15) is 4.79 Å². The lowest BCUT2D eigenvalue weighted by Crippen LogP contribution is -2.51. The second-order valence-electron chi connectivity index (χ2n) is 7.86. The van der Waals surface area contributed by atoms with Crippen LogP contribution in [0.2, 0.25) is 18.1 Å². The van der Waals surface area contributed by atoms with E-state index in [0.29, 0.717) is 0 Å². The predicted octanol–water partition coefficient (Wildman–Crippen LogP) is 3.26. The first-order chi connectivity index (χ1) is 8.96. The molecule has 1 saturated heterocycles. The zero-order valence-electron chi connectivity index (χ0n) is 13.8. The Kier molecular flexibility index (Phi) is 3.85. The van der Waals surface area contributed by atoms with Crippen molar-refractivity contribution in [2.75, 3.05) is 0 Å². The maximum atomic E-state index is 11.2. The third kappa shape index (κ3) is 2.94. The highest BCUT2D eigenvalue weighted by Crippen LogP contribution is 2.51. The van der Waals surface area contributed by atoms with Gasteiger partial charge in [-0.05, 0) is 25.1 Å². The molecule has 2 rings (SSSR count). The Bertz CT molecular complexity index is 401. The van der Waals surface area contributed by atoms with Crippen LogP contribution >= 0.6 is 0 Å². The second-order valence-corrected chi connectivity index (χ2v) is 12.6. The number of ether oxygens (including phenoxy) is 2. The molecule has 1 aliphatic carbocycles. The van der Waals surface area contributed by atoms with Crippen molar-refractivity contribution in [3.8, 4) is 0 Å². The van der Waals surface area contributed by atoms with Crippen LogP contribution in [0.4, 0.5) is 0 Å². The summed E-state index contributed by atoms with van der Waals surface area (Å²) in [6.45, 7) is 14.8. The Balaban J connectivity index is 2.08. The van der Waals surface area contributed by atoms with Crippen molar-refractivity contribution in [3.05, 3.63) is 0 Å². The van der Waals surface area contributed by atoms with Gasteiger partial charge in [-0.2, -0.15) is 0 Å². The summed E-state index contributed by atoms with van der Waals surface area (Å²) in [5.74, 6) is -0.217. The Labute approximate surface area is 123 Å². The van der Waals surface area contributed by atoms with Crippen LogP contribution < -0.4 is 0 Å². The Morgan fingerprint density at radius 2 is 1.90 bits per heavy atom. The molecule has 0 spiro atoms. The van der Waals surface area contributed by atoms with Crippen LogP contribution in [0.1, 0.15) is 47.5 Å². The lowest BCUT2D eigenvalue weighted by Gasteiger charge is -2.42. The van der Waals surface area contributed by atoms with Crippen molar-refractivity contribution >= 4 is 14.3 Å². The zero-order valence-corrected chi connectivity index (χ0v) is 14.8. The largest absolute Gasteiger partial charge is 0.462 e. The summed E-state index contributed by atoms with van der Waals surface area (Å²) in [6.07, 6.45) is 1.69. The van der Waals surface area contributed by atoms with E-state index in [1.165, 1.54) is 6.92 Å². The van der Waals surface area contributed by atoms with Crippen molar-refractivity contribution in [2.24, 2.45) is 0 Å². The van der Waals surface area contributed by atoms with Crippen LogP contribution in [-0.2, 0) is 18.7 Å². The summed E-state index contributed by atoms with van der Waals surface area (Å²) < 4.78 is 17.8. The minimum Gasteiger partial charge on any atom is -0.462 e. The standard InChI is InChI=1S/C15H28O4Si/c1-10(16)17-11-8-12-15(5,18-12)13(9-11)19-20(6,7)14(2,3)4/h11-13H,8-9H2,1-7H3/t11-,12-,13+,15-/m0/s1. The number of hydrogen-bond acceptors (Lipinski definition) is 4. The quantitative estimate of drug-likeness (QED) is 0.456. The summed E-state index contributed by atoms with van der Waals surface area (Å²) in [4.78, 5) is 11.2. The van der Waals surface area contributed by atoms with Gasteiger partial charge < -0.3 is 13.9 Å². The molecule has 4 atom stereocenters. The monoisotopic (exact) mass is 300 g/mol.